The van der Waals surface area contributed by atoms with Crippen molar-refractivity contribution in [2.75, 3.05) is 11.1 Å². The first-order valence-electron chi connectivity index (χ1n) is 4.15. The van der Waals surface area contributed by atoms with Crippen LogP contribution in [0.1, 0.15) is 4.88 Å². The van der Waals surface area contributed by atoms with Gasteiger partial charge in [0.25, 0.3) is 0 Å². The molecular formula is C8H11N5S. The first-order valence-corrected chi connectivity index (χ1v) is 4.97. The van der Waals surface area contributed by atoms with E-state index >= 15 is 0 Å². The molecule has 2 aromatic heterocycles. The maximum Gasteiger partial charge on any atom is 0.230 e. The van der Waals surface area contributed by atoms with Crippen LogP contribution in [0.25, 0.3) is 0 Å². The van der Waals surface area contributed by atoms with Gasteiger partial charge in [-0.3, -0.25) is 4.57 Å². The van der Waals surface area contributed by atoms with Crippen LogP contribution in [0.2, 0.25) is 0 Å². The third-order valence-electron chi connectivity index (χ3n) is 1.88. The van der Waals surface area contributed by atoms with Crippen LogP contribution in [-0.2, 0) is 7.05 Å². The SMILES string of the molecule is Cc1ccc(Nc2nnc(N)n2C)s1. The van der Waals surface area contributed by atoms with Crippen LogP contribution < -0.4 is 11.1 Å². The molecule has 0 unspecified atom stereocenters. The number of thiophene rings is 1. The number of nitrogen functional groups attached to an aromatic ring is 1. The maximum absolute atomic E-state index is 5.55. The second kappa shape index (κ2) is 3.30. The Bertz CT molecular complexity index is 444. The van der Waals surface area contributed by atoms with E-state index in [4.69, 9.17) is 5.73 Å². The van der Waals surface area contributed by atoms with Gasteiger partial charge in [-0.25, -0.2) is 0 Å². The summed E-state index contributed by atoms with van der Waals surface area (Å²) in [6, 6.07) is 4.05. The second-order valence-corrected chi connectivity index (χ2v) is 4.26. The minimum Gasteiger partial charge on any atom is -0.368 e. The zero-order valence-electron chi connectivity index (χ0n) is 7.98. The number of anilines is 3. The van der Waals surface area contributed by atoms with Crippen molar-refractivity contribution in [1.29, 1.82) is 0 Å². The number of nitrogens with zero attached hydrogens (tertiary/aromatic N) is 3. The predicted octanol–water partition coefficient (Wildman–Crippen LogP) is 1.51. The molecule has 2 heterocycles. The van der Waals surface area contributed by atoms with Crippen molar-refractivity contribution in [3.05, 3.63) is 17.0 Å². The van der Waals surface area contributed by atoms with Gasteiger partial charge in [0.1, 0.15) is 0 Å². The Morgan fingerprint density at radius 2 is 2.21 bits per heavy atom. The zero-order valence-corrected chi connectivity index (χ0v) is 8.80. The number of aromatic nitrogens is 3. The Kier molecular flexibility index (Phi) is 2.12. The summed E-state index contributed by atoms with van der Waals surface area (Å²) in [6.45, 7) is 2.06. The average molecular weight is 209 g/mol. The molecule has 2 rings (SSSR count). The van der Waals surface area contributed by atoms with Crippen molar-refractivity contribution < 1.29 is 0 Å². The molecule has 0 aromatic carbocycles. The number of aryl methyl sites for hydroxylation is 1. The summed E-state index contributed by atoms with van der Waals surface area (Å²) >= 11 is 1.67. The summed E-state index contributed by atoms with van der Waals surface area (Å²) in [7, 11) is 1.82. The van der Waals surface area contributed by atoms with E-state index in [0.29, 0.717) is 11.9 Å². The third kappa shape index (κ3) is 1.56. The molecule has 0 aliphatic heterocycles. The minimum atomic E-state index is 0.403. The normalized spacial score (nSPS) is 10.4. The number of hydrogen-bond donors (Lipinski definition) is 2. The molecule has 0 saturated heterocycles. The molecule has 0 aliphatic rings. The van der Waals surface area contributed by atoms with Crippen LogP contribution in [0.5, 0.6) is 0 Å². The fourth-order valence-corrected chi connectivity index (χ4v) is 1.82. The molecule has 14 heavy (non-hydrogen) atoms. The summed E-state index contributed by atoms with van der Waals surface area (Å²) in [6.07, 6.45) is 0. The van der Waals surface area contributed by atoms with Gasteiger partial charge in [0.2, 0.25) is 11.9 Å². The zero-order chi connectivity index (χ0) is 10.1. The van der Waals surface area contributed by atoms with Gasteiger partial charge in [-0.2, -0.15) is 0 Å². The quantitative estimate of drug-likeness (QED) is 0.786. The molecule has 0 amide bonds. The van der Waals surface area contributed by atoms with Crippen molar-refractivity contribution in [3.63, 3.8) is 0 Å². The number of nitrogens with one attached hydrogen (secondary N) is 1. The van der Waals surface area contributed by atoms with Gasteiger partial charge in [0.05, 0.1) is 5.00 Å². The first-order chi connectivity index (χ1) is 6.66. The molecule has 0 bridgehead atoms. The van der Waals surface area contributed by atoms with Gasteiger partial charge in [-0.15, -0.1) is 21.5 Å². The first kappa shape index (κ1) is 9.01. The van der Waals surface area contributed by atoms with Crippen LogP contribution in [0, 0.1) is 6.92 Å². The Morgan fingerprint density at radius 1 is 1.43 bits per heavy atom. The molecule has 0 radical (unpaired) electrons. The van der Waals surface area contributed by atoms with Crippen molar-refractivity contribution >= 4 is 28.2 Å². The lowest BCUT2D eigenvalue weighted by Gasteiger charge is -2.01. The van der Waals surface area contributed by atoms with Crippen molar-refractivity contribution in [3.8, 4) is 0 Å². The Labute approximate surface area is 85.6 Å². The standard InChI is InChI=1S/C8H11N5S/c1-5-3-4-6(14-5)10-8-12-11-7(9)13(8)2/h3-4H,1-2H3,(H2,9,11)(H,10,12). The van der Waals surface area contributed by atoms with Crippen LogP contribution in [0.15, 0.2) is 12.1 Å². The van der Waals surface area contributed by atoms with Gasteiger partial charge in [-0.1, -0.05) is 0 Å². The fourth-order valence-electron chi connectivity index (χ4n) is 1.06. The molecule has 6 heteroatoms. The molecule has 0 spiro atoms. The Morgan fingerprint density at radius 3 is 2.71 bits per heavy atom. The van der Waals surface area contributed by atoms with Crippen molar-refractivity contribution in [1.82, 2.24) is 14.8 Å². The highest BCUT2D eigenvalue weighted by Crippen LogP contribution is 2.24. The van der Waals surface area contributed by atoms with Crippen LogP contribution in [-0.4, -0.2) is 14.8 Å². The van der Waals surface area contributed by atoms with E-state index in [0.717, 1.165) is 5.00 Å². The summed E-state index contributed by atoms with van der Waals surface area (Å²) in [4.78, 5) is 1.25. The van der Waals surface area contributed by atoms with Gasteiger partial charge in [-0.05, 0) is 19.1 Å². The second-order valence-electron chi connectivity index (χ2n) is 2.98. The lowest BCUT2D eigenvalue weighted by molar-refractivity contribution is 0.935. The summed E-state index contributed by atoms with van der Waals surface area (Å²) in [5, 5.41) is 11.8. The fraction of sp³-hybridized carbons (Fsp3) is 0.250. The van der Waals surface area contributed by atoms with Crippen LogP contribution >= 0.6 is 11.3 Å². The van der Waals surface area contributed by atoms with E-state index in [1.54, 1.807) is 15.9 Å². The Hall–Kier alpha value is -1.56. The number of nitrogens with two attached hydrogens (primary N) is 1. The van der Waals surface area contributed by atoms with Gasteiger partial charge >= 0.3 is 0 Å². The number of hydrogen-bond acceptors (Lipinski definition) is 5. The van der Waals surface area contributed by atoms with Gasteiger partial charge in [0.15, 0.2) is 0 Å². The van der Waals surface area contributed by atoms with Gasteiger partial charge < -0.3 is 11.1 Å². The molecule has 0 saturated carbocycles. The highest BCUT2D eigenvalue weighted by atomic mass is 32.1. The van der Waals surface area contributed by atoms with Crippen molar-refractivity contribution in [2.45, 2.75) is 6.92 Å². The molecule has 3 N–H and O–H groups in total. The van der Waals surface area contributed by atoms with E-state index in [-0.39, 0.29) is 0 Å². The summed E-state index contributed by atoms with van der Waals surface area (Å²) in [5.41, 5.74) is 5.55. The molecular weight excluding hydrogens is 198 g/mol. The smallest absolute Gasteiger partial charge is 0.230 e. The molecule has 5 nitrogen and oxygen atoms in total. The van der Waals surface area contributed by atoms with E-state index < -0.39 is 0 Å². The highest BCUT2D eigenvalue weighted by molar-refractivity contribution is 7.16. The van der Waals surface area contributed by atoms with E-state index in [1.165, 1.54) is 4.88 Å². The molecule has 74 valence electrons. The lowest BCUT2D eigenvalue weighted by Crippen LogP contribution is -2.01. The average Bonchev–Trinajstić information content (AvgIpc) is 2.67. The van der Waals surface area contributed by atoms with E-state index in [9.17, 15) is 0 Å². The van der Waals surface area contributed by atoms with E-state index in [2.05, 4.69) is 22.4 Å². The summed E-state index contributed by atoms with van der Waals surface area (Å²) < 4.78 is 1.70. The van der Waals surface area contributed by atoms with Crippen molar-refractivity contribution in [2.24, 2.45) is 7.05 Å². The van der Waals surface area contributed by atoms with Crippen LogP contribution in [0.3, 0.4) is 0 Å². The van der Waals surface area contributed by atoms with Gasteiger partial charge in [0, 0.05) is 11.9 Å². The molecule has 0 atom stereocenters. The largest absolute Gasteiger partial charge is 0.368 e. The summed E-state index contributed by atoms with van der Waals surface area (Å²) in [5.74, 6) is 1.06. The number of rotatable bonds is 2. The molecule has 0 aliphatic carbocycles. The topological polar surface area (TPSA) is 68.8 Å². The lowest BCUT2D eigenvalue weighted by atomic mass is 10.5. The molecule has 0 fully saturated rings. The van der Waals surface area contributed by atoms with Crippen LogP contribution in [0.4, 0.5) is 16.9 Å². The Balaban J connectivity index is 2.22. The highest BCUT2D eigenvalue weighted by Gasteiger charge is 2.05. The van der Waals surface area contributed by atoms with E-state index in [1.807, 2.05) is 19.2 Å². The molecule has 2 aromatic rings. The minimum absolute atomic E-state index is 0.403. The third-order valence-corrected chi connectivity index (χ3v) is 2.80. The predicted molar refractivity (Wildman–Crippen MR) is 57.8 cm³/mol. The monoisotopic (exact) mass is 209 g/mol. The maximum atomic E-state index is 5.55.